The zero-order valence-electron chi connectivity index (χ0n) is 10.5. The number of hydrogen-bond donors (Lipinski definition) is 2. The van der Waals surface area contributed by atoms with Crippen LogP contribution in [0.1, 0.15) is 18.5 Å². The number of hydrogen-bond acceptors (Lipinski definition) is 3. The highest BCUT2D eigenvalue weighted by atomic mass is 79.9. The number of carbonyl (C=O) groups is 1. The Morgan fingerprint density at radius 3 is 2.68 bits per heavy atom. The van der Waals surface area contributed by atoms with Crippen molar-refractivity contribution in [3.63, 3.8) is 0 Å². The van der Waals surface area contributed by atoms with Crippen LogP contribution in [-0.2, 0) is 11.3 Å². The maximum Gasteiger partial charge on any atom is 0.244 e. The van der Waals surface area contributed by atoms with Gasteiger partial charge in [0.2, 0.25) is 5.91 Å². The summed E-state index contributed by atoms with van der Waals surface area (Å²) in [6, 6.07) is 6.97. The molecule has 5 nitrogen and oxygen atoms in total. The van der Waals surface area contributed by atoms with Crippen LogP contribution in [0.4, 0.5) is 5.69 Å². The van der Waals surface area contributed by atoms with Crippen molar-refractivity contribution in [2.24, 2.45) is 5.73 Å². The predicted molar refractivity (Wildman–Crippen MR) is 77.6 cm³/mol. The third kappa shape index (κ3) is 3.35. The van der Waals surface area contributed by atoms with E-state index in [-0.39, 0.29) is 0 Å². The Bertz CT molecular complexity index is 564. The molecule has 1 heterocycles. The molecule has 0 bridgehead atoms. The largest absolute Gasteiger partial charge is 0.370 e. The summed E-state index contributed by atoms with van der Waals surface area (Å²) >= 11 is 3.37. The van der Waals surface area contributed by atoms with Crippen molar-refractivity contribution >= 4 is 27.5 Å². The molecule has 1 aromatic heterocycles. The summed E-state index contributed by atoms with van der Waals surface area (Å²) in [5.41, 5.74) is 7.04. The van der Waals surface area contributed by atoms with Crippen molar-refractivity contribution in [3.8, 4) is 0 Å². The molecule has 3 N–H and O–H groups in total. The number of aromatic nitrogens is 2. The molecule has 1 unspecified atom stereocenters. The van der Waals surface area contributed by atoms with E-state index in [1.165, 1.54) is 0 Å². The summed E-state index contributed by atoms with van der Waals surface area (Å²) in [5.74, 6) is -0.432. The second kappa shape index (κ2) is 5.88. The van der Waals surface area contributed by atoms with E-state index in [0.717, 1.165) is 22.3 Å². The second-order valence-electron chi connectivity index (χ2n) is 4.12. The van der Waals surface area contributed by atoms with Crippen molar-refractivity contribution in [1.29, 1.82) is 0 Å². The van der Waals surface area contributed by atoms with Crippen molar-refractivity contribution in [2.75, 3.05) is 5.32 Å². The van der Waals surface area contributed by atoms with Gasteiger partial charge in [0.1, 0.15) is 6.04 Å². The molecule has 2 aromatic rings. The third-order valence-corrected chi connectivity index (χ3v) is 3.28. The smallest absolute Gasteiger partial charge is 0.244 e. The summed E-state index contributed by atoms with van der Waals surface area (Å²) in [6.07, 6.45) is 3.48. The number of halogens is 1. The lowest BCUT2D eigenvalue weighted by molar-refractivity contribution is -0.118. The van der Waals surface area contributed by atoms with Gasteiger partial charge in [-0.2, -0.15) is 5.10 Å². The number of amides is 1. The van der Waals surface area contributed by atoms with Crippen LogP contribution in [-0.4, -0.2) is 15.7 Å². The average molecular weight is 323 g/mol. The SMILES string of the molecule is CCn1cc(C(Nc2ccc(Br)cc2)C(N)=O)cn1. The number of anilines is 1. The summed E-state index contributed by atoms with van der Waals surface area (Å²) in [5, 5.41) is 7.27. The van der Waals surface area contributed by atoms with Crippen LogP contribution in [0, 0.1) is 0 Å². The molecule has 19 heavy (non-hydrogen) atoms. The lowest BCUT2D eigenvalue weighted by Gasteiger charge is -2.15. The van der Waals surface area contributed by atoms with Gasteiger partial charge >= 0.3 is 0 Å². The van der Waals surface area contributed by atoms with Gasteiger partial charge in [0.15, 0.2) is 0 Å². The zero-order valence-corrected chi connectivity index (χ0v) is 12.1. The van der Waals surface area contributed by atoms with Gasteiger partial charge in [0.05, 0.1) is 6.20 Å². The number of primary amides is 1. The molecule has 6 heteroatoms. The quantitative estimate of drug-likeness (QED) is 0.887. The molecule has 0 spiro atoms. The van der Waals surface area contributed by atoms with Crippen LogP contribution in [0.5, 0.6) is 0 Å². The van der Waals surface area contributed by atoms with E-state index in [4.69, 9.17) is 5.73 Å². The lowest BCUT2D eigenvalue weighted by Crippen LogP contribution is -2.27. The minimum atomic E-state index is -0.582. The first-order chi connectivity index (χ1) is 9.10. The number of rotatable bonds is 5. The molecule has 0 aliphatic heterocycles. The summed E-state index contributed by atoms with van der Waals surface area (Å²) in [7, 11) is 0. The Hall–Kier alpha value is -1.82. The van der Waals surface area contributed by atoms with Gasteiger partial charge in [-0.05, 0) is 31.2 Å². The molecule has 1 amide bonds. The van der Waals surface area contributed by atoms with Gasteiger partial charge in [0, 0.05) is 28.5 Å². The second-order valence-corrected chi connectivity index (χ2v) is 5.03. The fourth-order valence-corrected chi connectivity index (χ4v) is 2.00. The Kier molecular flexibility index (Phi) is 4.21. The third-order valence-electron chi connectivity index (χ3n) is 2.75. The van der Waals surface area contributed by atoms with Crippen LogP contribution in [0.2, 0.25) is 0 Å². The maximum absolute atomic E-state index is 11.6. The first kappa shape index (κ1) is 13.6. The van der Waals surface area contributed by atoms with Gasteiger partial charge in [-0.3, -0.25) is 9.48 Å². The van der Waals surface area contributed by atoms with Gasteiger partial charge < -0.3 is 11.1 Å². The Morgan fingerprint density at radius 1 is 1.47 bits per heavy atom. The van der Waals surface area contributed by atoms with E-state index in [1.807, 2.05) is 37.4 Å². The Morgan fingerprint density at radius 2 is 2.16 bits per heavy atom. The number of nitrogens with one attached hydrogen (secondary N) is 1. The number of aryl methyl sites for hydroxylation is 1. The monoisotopic (exact) mass is 322 g/mol. The van der Waals surface area contributed by atoms with Crippen LogP contribution in [0.15, 0.2) is 41.1 Å². The van der Waals surface area contributed by atoms with Gasteiger partial charge in [-0.1, -0.05) is 15.9 Å². The summed E-state index contributed by atoms with van der Waals surface area (Å²) in [4.78, 5) is 11.6. The van der Waals surface area contributed by atoms with E-state index in [1.54, 1.807) is 10.9 Å². The molecule has 0 fully saturated rings. The zero-order chi connectivity index (χ0) is 13.8. The lowest BCUT2D eigenvalue weighted by atomic mass is 10.1. The van der Waals surface area contributed by atoms with E-state index in [2.05, 4.69) is 26.3 Å². The Labute approximate surface area is 119 Å². The fourth-order valence-electron chi connectivity index (χ4n) is 1.73. The van der Waals surface area contributed by atoms with Crippen LogP contribution < -0.4 is 11.1 Å². The molecular weight excluding hydrogens is 308 g/mol. The summed E-state index contributed by atoms with van der Waals surface area (Å²) in [6.45, 7) is 2.74. The first-order valence-electron chi connectivity index (χ1n) is 5.94. The molecule has 100 valence electrons. The fraction of sp³-hybridized carbons (Fsp3) is 0.231. The number of nitrogens with zero attached hydrogens (tertiary/aromatic N) is 2. The average Bonchev–Trinajstić information content (AvgIpc) is 2.86. The minimum absolute atomic E-state index is 0.432. The normalized spacial score (nSPS) is 12.1. The molecular formula is C13H15BrN4O. The van der Waals surface area contributed by atoms with Gasteiger partial charge in [-0.25, -0.2) is 0 Å². The Balaban J connectivity index is 2.21. The molecule has 2 rings (SSSR count). The van der Waals surface area contributed by atoms with E-state index in [9.17, 15) is 4.79 Å². The molecule has 1 atom stereocenters. The van der Waals surface area contributed by atoms with Crippen molar-refractivity contribution in [1.82, 2.24) is 9.78 Å². The predicted octanol–water partition coefficient (Wildman–Crippen LogP) is 2.30. The standard InChI is InChI=1S/C13H15BrN4O/c1-2-18-8-9(7-16-18)12(13(15)19)17-11-5-3-10(14)4-6-11/h3-8,12,17H,2H2,1H3,(H2,15,19). The number of nitrogens with two attached hydrogens (primary N) is 1. The van der Waals surface area contributed by atoms with Crippen LogP contribution in [0.25, 0.3) is 0 Å². The molecule has 0 aliphatic carbocycles. The highest BCUT2D eigenvalue weighted by Gasteiger charge is 2.19. The van der Waals surface area contributed by atoms with Crippen LogP contribution in [0.3, 0.4) is 0 Å². The molecule has 0 saturated heterocycles. The molecule has 0 radical (unpaired) electrons. The van der Waals surface area contributed by atoms with Crippen molar-refractivity contribution < 1.29 is 4.79 Å². The van der Waals surface area contributed by atoms with E-state index < -0.39 is 11.9 Å². The van der Waals surface area contributed by atoms with Crippen molar-refractivity contribution in [2.45, 2.75) is 19.5 Å². The summed E-state index contributed by atoms with van der Waals surface area (Å²) < 4.78 is 2.74. The molecule has 0 aliphatic rings. The number of carbonyl (C=O) groups excluding carboxylic acids is 1. The van der Waals surface area contributed by atoms with E-state index in [0.29, 0.717) is 0 Å². The molecule has 1 aromatic carbocycles. The highest BCUT2D eigenvalue weighted by Crippen LogP contribution is 2.21. The van der Waals surface area contributed by atoms with E-state index >= 15 is 0 Å². The van der Waals surface area contributed by atoms with Crippen molar-refractivity contribution in [3.05, 3.63) is 46.7 Å². The minimum Gasteiger partial charge on any atom is -0.370 e. The first-order valence-corrected chi connectivity index (χ1v) is 6.73. The molecule has 0 saturated carbocycles. The number of benzene rings is 1. The topological polar surface area (TPSA) is 72.9 Å². The van der Waals surface area contributed by atoms with Crippen LogP contribution >= 0.6 is 15.9 Å². The highest BCUT2D eigenvalue weighted by molar-refractivity contribution is 9.10. The van der Waals surface area contributed by atoms with Gasteiger partial charge in [-0.15, -0.1) is 0 Å². The maximum atomic E-state index is 11.6. The van der Waals surface area contributed by atoms with Gasteiger partial charge in [0.25, 0.3) is 0 Å².